The van der Waals surface area contributed by atoms with E-state index in [1.165, 1.54) is 0 Å². The van der Waals surface area contributed by atoms with Crippen molar-refractivity contribution in [1.82, 2.24) is 19.9 Å². The Hall–Kier alpha value is -3.27. The first-order valence-electron chi connectivity index (χ1n) is 7.38. The highest BCUT2D eigenvalue weighted by Crippen LogP contribution is 2.23. The molecule has 23 heavy (non-hydrogen) atoms. The van der Waals surface area contributed by atoms with Crippen molar-refractivity contribution in [2.75, 3.05) is 0 Å². The monoisotopic (exact) mass is 298 g/mol. The van der Waals surface area contributed by atoms with Gasteiger partial charge in [0.15, 0.2) is 0 Å². The van der Waals surface area contributed by atoms with Crippen molar-refractivity contribution in [3.8, 4) is 34.0 Å². The zero-order valence-corrected chi connectivity index (χ0v) is 12.3. The third-order valence-electron chi connectivity index (χ3n) is 3.62. The van der Waals surface area contributed by atoms with E-state index in [1.807, 2.05) is 73.1 Å². The predicted molar refractivity (Wildman–Crippen MR) is 90.5 cm³/mol. The first-order chi connectivity index (χ1) is 11.4. The van der Waals surface area contributed by atoms with Gasteiger partial charge in [0, 0.05) is 23.5 Å². The van der Waals surface area contributed by atoms with Gasteiger partial charge in [0.05, 0.1) is 23.3 Å². The SMILES string of the molecule is c1ccc(-c2ncc(-c3ccc(-c4ccccn4)nc3)[nH]2)cc1. The largest absolute Gasteiger partial charge is 0.338 e. The van der Waals surface area contributed by atoms with Crippen molar-refractivity contribution >= 4 is 0 Å². The summed E-state index contributed by atoms with van der Waals surface area (Å²) in [6.45, 7) is 0. The topological polar surface area (TPSA) is 54.5 Å². The molecule has 4 aromatic rings. The zero-order chi connectivity index (χ0) is 15.5. The van der Waals surface area contributed by atoms with Gasteiger partial charge in [-0.1, -0.05) is 36.4 Å². The lowest BCUT2D eigenvalue weighted by Gasteiger charge is -2.01. The zero-order valence-electron chi connectivity index (χ0n) is 12.3. The van der Waals surface area contributed by atoms with Gasteiger partial charge in [-0.3, -0.25) is 9.97 Å². The van der Waals surface area contributed by atoms with Crippen LogP contribution in [0.1, 0.15) is 0 Å². The van der Waals surface area contributed by atoms with Gasteiger partial charge in [-0.15, -0.1) is 0 Å². The van der Waals surface area contributed by atoms with E-state index in [1.54, 1.807) is 6.20 Å². The quantitative estimate of drug-likeness (QED) is 0.616. The molecule has 0 unspecified atom stereocenters. The molecular formula is C19H14N4. The average molecular weight is 298 g/mol. The van der Waals surface area contributed by atoms with E-state index in [0.29, 0.717) is 0 Å². The summed E-state index contributed by atoms with van der Waals surface area (Å²) in [5, 5.41) is 0. The molecule has 0 atom stereocenters. The van der Waals surface area contributed by atoms with E-state index in [9.17, 15) is 0 Å². The molecule has 0 aliphatic carbocycles. The predicted octanol–water partition coefficient (Wildman–Crippen LogP) is 4.20. The van der Waals surface area contributed by atoms with Crippen LogP contribution in [0, 0.1) is 0 Å². The fraction of sp³-hybridized carbons (Fsp3) is 0. The molecule has 3 heterocycles. The van der Waals surface area contributed by atoms with Crippen LogP contribution in [0.3, 0.4) is 0 Å². The van der Waals surface area contributed by atoms with Crippen LogP contribution < -0.4 is 0 Å². The van der Waals surface area contributed by atoms with Crippen LogP contribution in [0.5, 0.6) is 0 Å². The Balaban J connectivity index is 1.63. The second kappa shape index (κ2) is 5.85. The highest BCUT2D eigenvalue weighted by atomic mass is 14.9. The van der Waals surface area contributed by atoms with Crippen molar-refractivity contribution in [3.63, 3.8) is 0 Å². The van der Waals surface area contributed by atoms with Crippen LogP contribution >= 0.6 is 0 Å². The van der Waals surface area contributed by atoms with Gasteiger partial charge in [-0.05, 0) is 24.3 Å². The molecule has 3 aromatic heterocycles. The number of benzene rings is 1. The summed E-state index contributed by atoms with van der Waals surface area (Å²) in [7, 11) is 0. The lowest BCUT2D eigenvalue weighted by Crippen LogP contribution is -1.87. The summed E-state index contributed by atoms with van der Waals surface area (Å²) < 4.78 is 0. The first-order valence-corrected chi connectivity index (χ1v) is 7.38. The summed E-state index contributed by atoms with van der Waals surface area (Å²) in [6, 6.07) is 19.9. The Morgan fingerprint density at radius 2 is 1.43 bits per heavy atom. The molecule has 0 saturated carbocycles. The second-order valence-corrected chi connectivity index (χ2v) is 5.16. The van der Waals surface area contributed by atoms with Crippen LogP contribution in [0.25, 0.3) is 34.0 Å². The fourth-order valence-corrected chi connectivity index (χ4v) is 2.43. The van der Waals surface area contributed by atoms with Gasteiger partial charge in [-0.2, -0.15) is 0 Å². The Morgan fingerprint density at radius 3 is 2.17 bits per heavy atom. The fourth-order valence-electron chi connectivity index (χ4n) is 2.43. The van der Waals surface area contributed by atoms with Crippen LogP contribution in [0.4, 0.5) is 0 Å². The molecule has 1 aromatic carbocycles. The molecule has 0 aliphatic heterocycles. The Morgan fingerprint density at radius 1 is 0.609 bits per heavy atom. The van der Waals surface area contributed by atoms with Crippen molar-refractivity contribution in [1.29, 1.82) is 0 Å². The standard InChI is InChI=1S/C19H14N4/c1-2-6-14(7-3-1)19-22-13-18(23-19)15-9-10-17(21-12-15)16-8-4-5-11-20-16/h1-13H,(H,22,23). The lowest BCUT2D eigenvalue weighted by molar-refractivity contribution is 1.24. The molecule has 110 valence electrons. The minimum Gasteiger partial charge on any atom is -0.338 e. The molecule has 0 spiro atoms. The number of nitrogens with one attached hydrogen (secondary N) is 1. The van der Waals surface area contributed by atoms with Crippen LogP contribution in [-0.2, 0) is 0 Å². The van der Waals surface area contributed by atoms with Crippen LogP contribution in [0.15, 0.2) is 79.3 Å². The van der Waals surface area contributed by atoms with Gasteiger partial charge in [0.1, 0.15) is 5.82 Å². The smallest absolute Gasteiger partial charge is 0.137 e. The van der Waals surface area contributed by atoms with Gasteiger partial charge in [0.25, 0.3) is 0 Å². The Kier molecular flexibility index (Phi) is 3.41. The molecule has 0 aliphatic rings. The minimum atomic E-state index is 0.856. The summed E-state index contributed by atoms with van der Waals surface area (Å²) in [5.41, 5.74) is 4.74. The molecule has 4 heteroatoms. The maximum atomic E-state index is 4.50. The number of imidazole rings is 1. The van der Waals surface area contributed by atoms with E-state index in [-0.39, 0.29) is 0 Å². The number of rotatable bonds is 3. The molecular weight excluding hydrogens is 284 g/mol. The Bertz CT molecular complexity index is 897. The third-order valence-corrected chi connectivity index (χ3v) is 3.62. The molecule has 0 fully saturated rings. The normalized spacial score (nSPS) is 10.6. The van der Waals surface area contributed by atoms with Gasteiger partial charge in [-0.25, -0.2) is 4.98 Å². The summed E-state index contributed by atoms with van der Waals surface area (Å²) >= 11 is 0. The highest BCUT2D eigenvalue weighted by molar-refractivity contribution is 5.65. The van der Waals surface area contributed by atoms with Gasteiger partial charge in [0.2, 0.25) is 0 Å². The van der Waals surface area contributed by atoms with E-state index < -0.39 is 0 Å². The van der Waals surface area contributed by atoms with Gasteiger partial charge < -0.3 is 4.98 Å². The maximum Gasteiger partial charge on any atom is 0.137 e. The highest BCUT2D eigenvalue weighted by Gasteiger charge is 2.06. The van der Waals surface area contributed by atoms with Crippen molar-refractivity contribution < 1.29 is 0 Å². The number of pyridine rings is 2. The number of hydrogen-bond donors (Lipinski definition) is 1. The van der Waals surface area contributed by atoms with Crippen molar-refractivity contribution in [3.05, 3.63) is 79.3 Å². The number of H-pyrrole nitrogens is 1. The van der Waals surface area contributed by atoms with E-state index in [2.05, 4.69) is 19.9 Å². The Labute approximate surface area is 133 Å². The minimum absolute atomic E-state index is 0.856. The molecule has 0 bridgehead atoms. The first kappa shape index (κ1) is 13.4. The number of hydrogen-bond acceptors (Lipinski definition) is 3. The maximum absolute atomic E-state index is 4.50. The van der Waals surface area contributed by atoms with Gasteiger partial charge >= 0.3 is 0 Å². The molecule has 1 N–H and O–H groups in total. The number of aromatic amines is 1. The lowest BCUT2D eigenvalue weighted by atomic mass is 10.2. The third kappa shape index (κ3) is 2.74. The molecule has 4 nitrogen and oxygen atoms in total. The van der Waals surface area contributed by atoms with E-state index in [4.69, 9.17) is 0 Å². The van der Waals surface area contributed by atoms with Crippen LogP contribution in [0.2, 0.25) is 0 Å². The second-order valence-electron chi connectivity index (χ2n) is 5.16. The summed E-state index contributed by atoms with van der Waals surface area (Å²) in [5.74, 6) is 0.856. The number of aromatic nitrogens is 4. The summed E-state index contributed by atoms with van der Waals surface area (Å²) in [6.07, 6.45) is 5.44. The molecule has 0 radical (unpaired) electrons. The van der Waals surface area contributed by atoms with E-state index >= 15 is 0 Å². The molecule has 4 rings (SSSR count). The van der Waals surface area contributed by atoms with Crippen molar-refractivity contribution in [2.45, 2.75) is 0 Å². The average Bonchev–Trinajstić information content (AvgIpc) is 3.14. The van der Waals surface area contributed by atoms with Crippen LogP contribution in [-0.4, -0.2) is 19.9 Å². The van der Waals surface area contributed by atoms with Crippen molar-refractivity contribution in [2.24, 2.45) is 0 Å². The molecule has 0 amide bonds. The molecule has 0 saturated heterocycles. The summed E-state index contributed by atoms with van der Waals surface area (Å²) in [4.78, 5) is 16.6. The number of nitrogens with zero attached hydrogens (tertiary/aromatic N) is 3. The van der Waals surface area contributed by atoms with E-state index in [0.717, 1.165) is 34.0 Å².